The highest BCUT2D eigenvalue weighted by Crippen LogP contribution is 2.09. The zero-order chi connectivity index (χ0) is 12.1. The predicted octanol–water partition coefficient (Wildman–Crippen LogP) is 1.84. The minimum atomic E-state index is 0.590. The number of nitrogens with zero attached hydrogens (tertiary/aromatic N) is 2. The average Bonchev–Trinajstić information content (AvgIpc) is 2.80. The van der Waals surface area contributed by atoms with E-state index < -0.39 is 0 Å². The molecule has 1 aliphatic rings. The van der Waals surface area contributed by atoms with Crippen molar-refractivity contribution in [2.75, 3.05) is 18.4 Å². The first-order chi connectivity index (χ1) is 8.24. The Kier molecular flexibility index (Phi) is 4.31. The van der Waals surface area contributed by atoms with Crippen LogP contribution in [0.25, 0.3) is 0 Å². The van der Waals surface area contributed by atoms with E-state index in [1.165, 1.54) is 12.8 Å². The lowest BCUT2D eigenvalue weighted by molar-refractivity contribution is 0.623. The topological polar surface area (TPSA) is 49.8 Å². The lowest BCUT2D eigenvalue weighted by atomic mass is 10.1. The molecule has 17 heavy (non-hydrogen) atoms. The van der Waals surface area contributed by atoms with Crippen molar-refractivity contribution in [1.82, 2.24) is 15.5 Å². The second-order valence-corrected chi connectivity index (χ2v) is 5.18. The van der Waals surface area contributed by atoms with Crippen molar-refractivity contribution in [1.29, 1.82) is 0 Å². The van der Waals surface area contributed by atoms with E-state index >= 15 is 0 Å². The molecule has 2 heterocycles. The first kappa shape index (κ1) is 12.3. The summed E-state index contributed by atoms with van der Waals surface area (Å²) in [4.78, 5) is 0. The van der Waals surface area contributed by atoms with Crippen LogP contribution in [-0.2, 0) is 6.42 Å². The number of nitrogens with one attached hydrogen (secondary N) is 2. The minimum absolute atomic E-state index is 0.590. The summed E-state index contributed by atoms with van der Waals surface area (Å²) in [5.74, 6) is 1.51. The predicted molar refractivity (Wildman–Crippen MR) is 70.1 cm³/mol. The Balaban J connectivity index is 1.80. The summed E-state index contributed by atoms with van der Waals surface area (Å²) in [7, 11) is 0. The van der Waals surface area contributed by atoms with Gasteiger partial charge in [-0.05, 0) is 43.9 Å². The lowest BCUT2D eigenvalue weighted by Crippen LogP contribution is -2.29. The smallest absolute Gasteiger partial charge is 0.148 e. The molecule has 2 N–H and O–H groups in total. The van der Waals surface area contributed by atoms with Gasteiger partial charge < -0.3 is 10.6 Å². The normalized spacial score (nSPS) is 19.8. The molecule has 0 amide bonds. The Morgan fingerprint density at radius 3 is 2.88 bits per heavy atom. The van der Waals surface area contributed by atoms with Gasteiger partial charge in [-0.3, -0.25) is 0 Å². The van der Waals surface area contributed by atoms with Crippen molar-refractivity contribution in [2.24, 2.45) is 5.92 Å². The number of hydrogen-bond acceptors (Lipinski definition) is 4. The van der Waals surface area contributed by atoms with Gasteiger partial charge in [-0.1, -0.05) is 13.8 Å². The second kappa shape index (κ2) is 5.96. The lowest BCUT2D eigenvalue weighted by Gasteiger charge is -2.11. The third kappa shape index (κ3) is 3.97. The Labute approximate surface area is 103 Å². The quantitative estimate of drug-likeness (QED) is 0.816. The SMILES string of the molecule is CC(C)Cc1ccc(NCC2CCCN2)nn1. The molecule has 1 aromatic heterocycles. The summed E-state index contributed by atoms with van der Waals surface area (Å²) < 4.78 is 0. The molecule has 1 aromatic rings. The highest BCUT2D eigenvalue weighted by molar-refractivity contribution is 5.33. The molecule has 0 bridgehead atoms. The van der Waals surface area contributed by atoms with E-state index in [1.807, 2.05) is 6.07 Å². The van der Waals surface area contributed by atoms with Crippen LogP contribution in [0.2, 0.25) is 0 Å². The fourth-order valence-corrected chi connectivity index (χ4v) is 2.14. The molecule has 1 fully saturated rings. The highest BCUT2D eigenvalue weighted by atomic mass is 15.2. The van der Waals surface area contributed by atoms with Crippen molar-refractivity contribution < 1.29 is 0 Å². The molecule has 0 spiro atoms. The molecule has 4 heteroatoms. The van der Waals surface area contributed by atoms with Crippen molar-refractivity contribution >= 4 is 5.82 Å². The van der Waals surface area contributed by atoms with Crippen LogP contribution >= 0.6 is 0 Å². The summed E-state index contributed by atoms with van der Waals surface area (Å²) in [5, 5.41) is 15.2. The van der Waals surface area contributed by atoms with Crippen LogP contribution in [0.15, 0.2) is 12.1 Å². The van der Waals surface area contributed by atoms with Gasteiger partial charge >= 0.3 is 0 Å². The Hall–Kier alpha value is -1.16. The molecule has 0 radical (unpaired) electrons. The van der Waals surface area contributed by atoms with Crippen LogP contribution in [0.4, 0.5) is 5.82 Å². The minimum Gasteiger partial charge on any atom is -0.367 e. The molecule has 1 atom stereocenters. The summed E-state index contributed by atoms with van der Waals surface area (Å²) in [6.07, 6.45) is 3.54. The van der Waals surface area contributed by atoms with E-state index in [0.29, 0.717) is 12.0 Å². The molecule has 4 nitrogen and oxygen atoms in total. The van der Waals surface area contributed by atoms with E-state index in [0.717, 1.165) is 31.0 Å². The largest absolute Gasteiger partial charge is 0.367 e. The van der Waals surface area contributed by atoms with Crippen molar-refractivity contribution in [2.45, 2.75) is 39.2 Å². The zero-order valence-corrected chi connectivity index (χ0v) is 10.7. The van der Waals surface area contributed by atoms with E-state index in [1.54, 1.807) is 0 Å². The fourth-order valence-electron chi connectivity index (χ4n) is 2.14. The molecule has 1 unspecified atom stereocenters. The van der Waals surface area contributed by atoms with Crippen LogP contribution in [0.1, 0.15) is 32.4 Å². The average molecular weight is 234 g/mol. The number of rotatable bonds is 5. The Morgan fingerprint density at radius 2 is 2.29 bits per heavy atom. The zero-order valence-electron chi connectivity index (χ0n) is 10.7. The van der Waals surface area contributed by atoms with Crippen LogP contribution in [0.5, 0.6) is 0 Å². The maximum atomic E-state index is 4.23. The summed E-state index contributed by atoms with van der Waals surface area (Å²) >= 11 is 0. The van der Waals surface area contributed by atoms with Gasteiger partial charge in [-0.25, -0.2) is 0 Å². The van der Waals surface area contributed by atoms with Gasteiger partial charge in [0.2, 0.25) is 0 Å². The van der Waals surface area contributed by atoms with E-state index in [-0.39, 0.29) is 0 Å². The maximum absolute atomic E-state index is 4.23. The van der Waals surface area contributed by atoms with Gasteiger partial charge in [0.25, 0.3) is 0 Å². The fraction of sp³-hybridized carbons (Fsp3) is 0.692. The monoisotopic (exact) mass is 234 g/mol. The standard InChI is InChI=1S/C13H22N4/c1-10(2)8-11-5-6-13(17-16-11)15-9-12-4-3-7-14-12/h5-6,10,12,14H,3-4,7-9H2,1-2H3,(H,15,17). The second-order valence-electron chi connectivity index (χ2n) is 5.18. The molecule has 0 aromatic carbocycles. The molecule has 0 aliphatic carbocycles. The van der Waals surface area contributed by atoms with Crippen LogP contribution in [0.3, 0.4) is 0 Å². The molecule has 1 saturated heterocycles. The van der Waals surface area contributed by atoms with E-state index in [4.69, 9.17) is 0 Å². The van der Waals surface area contributed by atoms with Crippen LogP contribution in [0, 0.1) is 5.92 Å². The molecule has 0 saturated carbocycles. The van der Waals surface area contributed by atoms with Gasteiger partial charge in [0, 0.05) is 12.6 Å². The Morgan fingerprint density at radius 1 is 1.41 bits per heavy atom. The van der Waals surface area contributed by atoms with Gasteiger partial charge in [0.1, 0.15) is 5.82 Å². The first-order valence-electron chi connectivity index (χ1n) is 6.54. The molecular formula is C13H22N4. The third-order valence-corrected chi connectivity index (χ3v) is 3.03. The first-order valence-corrected chi connectivity index (χ1v) is 6.54. The van der Waals surface area contributed by atoms with Crippen LogP contribution in [-0.4, -0.2) is 29.3 Å². The highest BCUT2D eigenvalue weighted by Gasteiger charge is 2.13. The number of aromatic nitrogens is 2. The number of hydrogen-bond donors (Lipinski definition) is 2. The summed E-state index contributed by atoms with van der Waals surface area (Å²) in [6.45, 7) is 6.47. The molecule has 94 valence electrons. The maximum Gasteiger partial charge on any atom is 0.148 e. The van der Waals surface area contributed by atoms with Gasteiger partial charge in [0.15, 0.2) is 0 Å². The molecule has 1 aliphatic heterocycles. The summed E-state index contributed by atoms with van der Waals surface area (Å²) in [6, 6.07) is 4.68. The Bertz CT molecular complexity index is 328. The number of anilines is 1. The van der Waals surface area contributed by atoms with Crippen molar-refractivity contribution in [3.05, 3.63) is 17.8 Å². The van der Waals surface area contributed by atoms with E-state index in [9.17, 15) is 0 Å². The van der Waals surface area contributed by atoms with Gasteiger partial charge in [0.05, 0.1) is 5.69 Å². The van der Waals surface area contributed by atoms with Gasteiger partial charge in [-0.2, -0.15) is 5.10 Å². The third-order valence-electron chi connectivity index (χ3n) is 3.03. The molecule has 2 rings (SSSR count). The molecular weight excluding hydrogens is 212 g/mol. The van der Waals surface area contributed by atoms with Gasteiger partial charge in [-0.15, -0.1) is 5.10 Å². The summed E-state index contributed by atoms with van der Waals surface area (Å²) in [5.41, 5.74) is 1.07. The van der Waals surface area contributed by atoms with Crippen LogP contribution < -0.4 is 10.6 Å². The van der Waals surface area contributed by atoms with Crippen molar-refractivity contribution in [3.8, 4) is 0 Å². The van der Waals surface area contributed by atoms with E-state index in [2.05, 4.69) is 40.7 Å². The van der Waals surface area contributed by atoms with Crippen molar-refractivity contribution in [3.63, 3.8) is 0 Å².